The number of nitrogens with zero attached hydrogens (tertiary/aromatic N) is 1. The Balaban J connectivity index is 3.01. The van der Waals surface area contributed by atoms with Crippen molar-refractivity contribution in [3.05, 3.63) is 40.4 Å². The Morgan fingerprint density at radius 2 is 1.89 bits per heavy atom. The van der Waals surface area contributed by atoms with Gasteiger partial charge in [-0.15, -0.1) is 0 Å². The quantitative estimate of drug-likeness (QED) is 0.804. The third kappa shape index (κ3) is 5.13. The maximum absolute atomic E-state index is 11.0. The van der Waals surface area contributed by atoms with Crippen LogP contribution in [-0.4, -0.2) is 24.2 Å². The molecule has 0 radical (unpaired) electrons. The molecule has 1 aromatic carbocycles. The van der Waals surface area contributed by atoms with Crippen molar-refractivity contribution in [3.8, 4) is 0 Å². The van der Waals surface area contributed by atoms with Gasteiger partial charge in [-0.3, -0.25) is 4.79 Å². The van der Waals surface area contributed by atoms with Crippen LogP contribution in [0.4, 0.5) is 5.69 Å². The largest absolute Gasteiger partial charge is 0.481 e. The zero-order valence-electron chi connectivity index (χ0n) is 11.0. The van der Waals surface area contributed by atoms with Gasteiger partial charge in [0.2, 0.25) is 0 Å². The third-order valence-corrected chi connectivity index (χ3v) is 3.03. The van der Waals surface area contributed by atoms with Crippen LogP contribution in [0.25, 0.3) is 0 Å². The molecule has 0 bridgehead atoms. The molecule has 104 valence electrons. The van der Waals surface area contributed by atoms with Gasteiger partial charge in [0.25, 0.3) is 0 Å². The molecule has 1 aromatic rings. The fraction of sp³-hybridized carbons (Fsp3) is 0.357. The summed E-state index contributed by atoms with van der Waals surface area (Å²) in [5.74, 6) is -1.32. The lowest BCUT2D eigenvalue weighted by Gasteiger charge is -2.27. The monoisotopic (exact) mass is 301 g/mol. The molecule has 0 amide bonds. The number of anilines is 1. The second kappa shape index (κ2) is 6.83. The highest BCUT2D eigenvalue weighted by Gasteiger charge is 2.17. The van der Waals surface area contributed by atoms with Crippen molar-refractivity contribution in [1.29, 1.82) is 0 Å². The highest BCUT2D eigenvalue weighted by atomic mass is 35.5. The van der Waals surface area contributed by atoms with Crippen molar-refractivity contribution in [2.45, 2.75) is 13.8 Å². The van der Waals surface area contributed by atoms with Gasteiger partial charge in [0.1, 0.15) is 0 Å². The van der Waals surface area contributed by atoms with Crippen molar-refractivity contribution in [3.63, 3.8) is 0 Å². The molecule has 0 heterocycles. The lowest BCUT2D eigenvalue weighted by atomic mass is 10.1. The molecule has 0 saturated carbocycles. The van der Waals surface area contributed by atoms with E-state index in [1.54, 1.807) is 25.1 Å². The lowest BCUT2D eigenvalue weighted by molar-refractivity contribution is -0.140. The molecule has 1 atom stereocenters. The minimum atomic E-state index is -0.833. The van der Waals surface area contributed by atoms with E-state index in [0.717, 1.165) is 11.3 Å². The normalized spacial score (nSPS) is 12.0. The first-order valence-electron chi connectivity index (χ1n) is 5.88. The van der Waals surface area contributed by atoms with E-state index >= 15 is 0 Å². The molecule has 0 aliphatic rings. The average molecular weight is 302 g/mol. The van der Waals surface area contributed by atoms with Gasteiger partial charge in [0.05, 0.1) is 5.92 Å². The van der Waals surface area contributed by atoms with Crippen molar-refractivity contribution in [2.75, 3.05) is 18.0 Å². The zero-order chi connectivity index (χ0) is 14.6. The number of hydrogen-bond acceptors (Lipinski definition) is 2. The van der Waals surface area contributed by atoms with Crippen LogP contribution in [0.2, 0.25) is 10.0 Å². The van der Waals surface area contributed by atoms with Gasteiger partial charge in [-0.05, 0) is 25.1 Å². The Kier molecular flexibility index (Phi) is 5.70. The molecule has 0 aliphatic heterocycles. The van der Waals surface area contributed by atoms with E-state index in [1.165, 1.54) is 0 Å². The molecule has 1 unspecified atom stereocenters. The summed E-state index contributed by atoms with van der Waals surface area (Å²) < 4.78 is 0. The molecule has 0 aromatic heterocycles. The number of carbonyl (C=O) groups is 1. The zero-order valence-corrected chi connectivity index (χ0v) is 12.5. The summed E-state index contributed by atoms with van der Waals surface area (Å²) in [6.45, 7) is 8.36. The topological polar surface area (TPSA) is 40.5 Å². The van der Waals surface area contributed by atoms with Gasteiger partial charge >= 0.3 is 5.97 Å². The van der Waals surface area contributed by atoms with Crippen molar-refractivity contribution >= 4 is 34.9 Å². The van der Waals surface area contributed by atoms with Gasteiger partial charge in [0, 0.05) is 28.8 Å². The van der Waals surface area contributed by atoms with Crippen LogP contribution < -0.4 is 4.90 Å². The van der Waals surface area contributed by atoms with E-state index in [9.17, 15) is 4.79 Å². The Bertz CT molecular complexity index is 468. The fourth-order valence-corrected chi connectivity index (χ4v) is 2.23. The van der Waals surface area contributed by atoms with E-state index in [1.807, 2.05) is 11.8 Å². The van der Waals surface area contributed by atoms with E-state index < -0.39 is 11.9 Å². The van der Waals surface area contributed by atoms with Crippen LogP contribution in [0.1, 0.15) is 13.8 Å². The van der Waals surface area contributed by atoms with Crippen molar-refractivity contribution in [1.82, 2.24) is 0 Å². The van der Waals surface area contributed by atoms with E-state index in [4.69, 9.17) is 28.3 Å². The fourth-order valence-electron chi connectivity index (χ4n) is 1.72. The highest BCUT2D eigenvalue weighted by molar-refractivity contribution is 6.35. The molecule has 3 nitrogen and oxygen atoms in total. The highest BCUT2D eigenvalue weighted by Crippen LogP contribution is 2.26. The second-order valence-electron chi connectivity index (χ2n) is 4.70. The molecule has 0 fully saturated rings. The number of hydrogen-bond donors (Lipinski definition) is 1. The molecular weight excluding hydrogens is 285 g/mol. The van der Waals surface area contributed by atoms with E-state index in [-0.39, 0.29) is 0 Å². The van der Waals surface area contributed by atoms with Crippen LogP contribution in [0.15, 0.2) is 30.4 Å². The first-order chi connectivity index (χ1) is 8.79. The van der Waals surface area contributed by atoms with Gasteiger partial charge in [-0.2, -0.15) is 0 Å². The summed E-state index contributed by atoms with van der Waals surface area (Å²) >= 11 is 12.0. The summed E-state index contributed by atoms with van der Waals surface area (Å²) in [5, 5.41) is 10.1. The standard InChI is InChI=1S/C14H17Cl2NO2/c1-9(2)7-17(8-10(3)14(18)19)13-5-11(15)4-12(16)6-13/h4-6,10H,1,7-8H2,2-3H3,(H,18,19). The van der Waals surface area contributed by atoms with E-state index in [2.05, 4.69) is 6.58 Å². The van der Waals surface area contributed by atoms with Crippen LogP contribution in [0.3, 0.4) is 0 Å². The van der Waals surface area contributed by atoms with Crippen molar-refractivity contribution < 1.29 is 9.90 Å². The molecular formula is C14H17Cl2NO2. The number of aliphatic carboxylic acids is 1. The maximum Gasteiger partial charge on any atom is 0.308 e. The molecule has 0 aliphatic carbocycles. The van der Waals surface area contributed by atoms with Crippen molar-refractivity contribution in [2.24, 2.45) is 5.92 Å². The first-order valence-corrected chi connectivity index (χ1v) is 6.63. The van der Waals surface area contributed by atoms with E-state index in [0.29, 0.717) is 23.1 Å². The summed E-state index contributed by atoms with van der Waals surface area (Å²) in [5.41, 5.74) is 1.74. The van der Waals surface area contributed by atoms with Gasteiger partial charge in [-0.1, -0.05) is 42.3 Å². The van der Waals surface area contributed by atoms with Crippen LogP contribution in [0, 0.1) is 5.92 Å². The van der Waals surface area contributed by atoms with Gasteiger partial charge < -0.3 is 10.0 Å². The van der Waals surface area contributed by atoms with Gasteiger partial charge in [0.15, 0.2) is 0 Å². The number of halogens is 2. The Morgan fingerprint density at radius 1 is 1.37 bits per heavy atom. The summed E-state index contributed by atoms with van der Waals surface area (Å²) in [6.07, 6.45) is 0. The Hall–Kier alpha value is -1.19. The molecule has 0 saturated heterocycles. The average Bonchev–Trinajstić information content (AvgIpc) is 2.25. The predicted octanol–water partition coefficient (Wildman–Crippen LogP) is 4.10. The minimum Gasteiger partial charge on any atom is -0.481 e. The van der Waals surface area contributed by atoms with Crippen LogP contribution in [-0.2, 0) is 4.79 Å². The SMILES string of the molecule is C=C(C)CN(CC(C)C(=O)O)c1cc(Cl)cc(Cl)c1. The minimum absolute atomic E-state index is 0.374. The molecule has 0 spiro atoms. The molecule has 1 rings (SSSR count). The lowest BCUT2D eigenvalue weighted by Crippen LogP contribution is -2.33. The Labute approximate surface area is 123 Å². The number of carboxylic acid groups (broad SMARTS) is 1. The number of rotatable bonds is 6. The molecule has 1 N–H and O–H groups in total. The van der Waals surface area contributed by atoms with Crippen LogP contribution >= 0.6 is 23.2 Å². The van der Waals surface area contributed by atoms with Crippen LogP contribution in [0.5, 0.6) is 0 Å². The summed E-state index contributed by atoms with van der Waals surface area (Å²) in [6, 6.07) is 5.18. The number of carboxylic acids is 1. The smallest absolute Gasteiger partial charge is 0.308 e. The second-order valence-corrected chi connectivity index (χ2v) is 5.58. The first kappa shape index (κ1) is 15.9. The predicted molar refractivity (Wildman–Crippen MR) is 80.3 cm³/mol. The third-order valence-electron chi connectivity index (χ3n) is 2.59. The van der Waals surface area contributed by atoms with Gasteiger partial charge in [-0.25, -0.2) is 0 Å². The maximum atomic E-state index is 11.0. The molecule has 5 heteroatoms. The number of benzene rings is 1. The summed E-state index contributed by atoms with van der Waals surface area (Å²) in [7, 11) is 0. The molecule has 19 heavy (non-hydrogen) atoms. The Morgan fingerprint density at radius 3 is 2.32 bits per heavy atom. The summed E-state index contributed by atoms with van der Waals surface area (Å²) in [4.78, 5) is 12.9.